The van der Waals surface area contributed by atoms with Crippen molar-refractivity contribution in [2.75, 3.05) is 9.80 Å². The summed E-state index contributed by atoms with van der Waals surface area (Å²) in [4.78, 5) is 4.83. The van der Waals surface area contributed by atoms with E-state index in [0.717, 1.165) is 58.3 Å². The smallest absolute Gasteiger partial charge is 0.178 e. The van der Waals surface area contributed by atoms with E-state index in [-0.39, 0.29) is 6.04 Å². The van der Waals surface area contributed by atoms with E-state index in [1.807, 2.05) is 0 Å². The number of hydrogen-bond acceptors (Lipinski definition) is 4. The Morgan fingerprint density at radius 1 is 0.473 bits per heavy atom. The minimum Gasteiger partial charge on any atom is -0.449 e. The van der Waals surface area contributed by atoms with E-state index in [4.69, 9.17) is 9.47 Å². The number of ether oxygens (including phenoxy) is 2. The van der Waals surface area contributed by atoms with Gasteiger partial charge in [-0.05, 0) is 93.9 Å². The summed E-state index contributed by atoms with van der Waals surface area (Å²) >= 11 is 0. The summed E-state index contributed by atoms with van der Waals surface area (Å²) in [5.74, 6) is 2.87. The number of nitrogens with zero attached hydrogens (tertiary/aromatic N) is 2. The standard InChI is InChI=1S/C51H36N2O2/c1-3-18-40(19-4-1)52(42-26-23-34-13-7-9-15-36(34)30-42)45-32-48-49(55-51-47(54-48)28-25-39-29-38-17-11-12-22-44(38)50(39)51)33-46(45)53(41-20-5-2-6-21-41)43-27-24-35-14-8-10-16-37(35)31-43/h1-28,30,32-33,43H,29,31H2. The number of fused-ring (bicyclic) bond motifs is 8. The zero-order valence-electron chi connectivity index (χ0n) is 30.1. The summed E-state index contributed by atoms with van der Waals surface area (Å²) in [7, 11) is 0. The third kappa shape index (κ3) is 5.37. The van der Waals surface area contributed by atoms with Crippen LogP contribution < -0.4 is 19.3 Å². The third-order valence-corrected chi connectivity index (χ3v) is 11.2. The highest BCUT2D eigenvalue weighted by Gasteiger charge is 2.33. The van der Waals surface area contributed by atoms with Gasteiger partial charge >= 0.3 is 0 Å². The van der Waals surface area contributed by atoms with Crippen LogP contribution in [0.15, 0.2) is 182 Å². The lowest BCUT2D eigenvalue weighted by atomic mass is 9.92. The van der Waals surface area contributed by atoms with Crippen molar-refractivity contribution in [3.8, 4) is 34.1 Å². The number of rotatable bonds is 6. The SMILES string of the molecule is C1=CC(N(c2ccccc2)c2cc3c(cc2N(c2ccccc2)c2ccc4ccccc4c2)Oc2ccc4c(c2O3)-c2ccccc2C4)Cc2ccccc21. The second-order valence-corrected chi connectivity index (χ2v) is 14.5. The lowest BCUT2D eigenvalue weighted by Gasteiger charge is -2.39. The molecule has 262 valence electrons. The quantitative estimate of drug-likeness (QED) is 0.172. The maximum atomic E-state index is 7.06. The maximum Gasteiger partial charge on any atom is 0.178 e. The second-order valence-electron chi connectivity index (χ2n) is 14.5. The van der Waals surface area contributed by atoms with Gasteiger partial charge in [0.1, 0.15) is 0 Å². The molecule has 11 rings (SSSR count). The van der Waals surface area contributed by atoms with Gasteiger partial charge in [0.25, 0.3) is 0 Å². The van der Waals surface area contributed by atoms with Gasteiger partial charge in [-0.2, -0.15) is 0 Å². The van der Waals surface area contributed by atoms with Crippen LogP contribution in [-0.2, 0) is 12.8 Å². The molecule has 0 aromatic heterocycles. The largest absolute Gasteiger partial charge is 0.449 e. The molecule has 0 radical (unpaired) electrons. The predicted molar refractivity (Wildman–Crippen MR) is 225 cm³/mol. The van der Waals surface area contributed by atoms with Crippen molar-refractivity contribution in [3.63, 3.8) is 0 Å². The fourth-order valence-corrected chi connectivity index (χ4v) is 8.64. The molecule has 1 unspecified atom stereocenters. The van der Waals surface area contributed by atoms with Crippen molar-refractivity contribution in [3.05, 3.63) is 204 Å². The van der Waals surface area contributed by atoms with Crippen molar-refractivity contribution < 1.29 is 9.47 Å². The summed E-state index contributed by atoms with van der Waals surface area (Å²) in [6, 6.07) is 62.6. The van der Waals surface area contributed by atoms with Gasteiger partial charge in [0.2, 0.25) is 0 Å². The van der Waals surface area contributed by atoms with Crippen LogP contribution in [0.2, 0.25) is 0 Å². The van der Waals surface area contributed by atoms with E-state index in [1.165, 1.54) is 38.6 Å². The molecule has 4 heteroatoms. The van der Waals surface area contributed by atoms with Gasteiger partial charge in [0.05, 0.1) is 17.4 Å². The van der Waals surface area contributed by atoms with Crippen molar-refractivity contribution in [2.45, 2.75) is 18.9 Å². The van der Waals surface area contributed by atoms with Gasteiger partial charge in [0, 0.05) is 34.8 Å². The first kappa shape index (κ1) is 31.5. The molecule has 1 aliphatic heterocycles. The normalized spacial score (nSPS) is 14.4. The number of anilines is 5. The first-order chi connectivity index (χ1) is 27.2. The molecule has 55 heavy (non-hydrogen) atoms. The fourth-order valence-electron chi connectivity index (χ4n) is 8.64. The lowest BCUT2D eigenvalue weighted by molar-refractivity contribution is 0.361. The highest BCUT2D eigenvalue weighted by Crippen LogP contribution is 2.57. The number of hydrogen-bond donors (Lipinski definition) is 0. The zero-order valence-corrected chi connectivity index (χ0v) is 30.1. The van der Waals surface area contributed by atoms with E-state index in [0.29, 0.717) is 11.5 Å². The average Bonchev–Trinajstić information content (AvgIpc) is 3.63. The molecule has 0 N–H and O–H groups in total. The molecule has 0 fully saturated rings. The molecule has 3 aliphatic rings. The van der Waals surface area contributed by atoms with Crippen molar-refractivity contribution in [1.82, 2.24) is 0 Å². The molecular formula is C51H36N2O2. The Labute approximate surface area is 320 Å². The first-order valence-electron chi connectivity index (χ1n) is 19.0. The summed E-state index contributed by atoms with van der Waals surface area (Å²) in [5.41, 5.74) is 12.7. The average molecular weight is 709 g/mol. The van der Waals surface area contributed by atoms with Crippen LogP contribution in [0.4, 0.5) is 28.4 Å². The van der Waals surface area contributed by atoms with Gasteiger partial charge in [-0.3, -0.25) is 0 Å². The van der Waals surface area contributed by atoms with Gasteiger partial charge in [-0.1, -0.05) is 133 Å². The second kappa shape index (κ2) is 12.8. The third-order valence-electron chi connectivity index (χ3n) is 11.2. The Bertz CT molecular complexity index is 2790. The van der Waals surface area contributed by atoms with Crippen molar-refractivity contribution in [2.24, 2.45) is 0 Å². The highest BCUT2D eigenvalue weighted by atomic mass is 16.6. The van der Waals surface area contributed by atoms with Crippen LogP contribution in [0, 0.1) is 0 Å². The zero-order chi connectivity index (χ0) is 36.3. The monoisotopic (exact) mass is 708 g/mol. The minimum atomic E-state index is 0.0243. The topological polar surface area (TPSA) is 24.9 Å². The predicted octanol–water partition coefficient (Wildman–Crippen LogP) is 13.6. The van der Waals surface area contributed by atoms with Gasteiger partial charge < -0.3 is 19.3 Å². The molecule has 1 atom stereocenters. The van der Waals surface area contributed by atoms with Crippen LogP contribution in [0.5, 0.6) is 23.0 Å². The van der Waals surface area contributed by atoms with E-state index in [2.05, 4.69) is 198 Å². The van der Waals surface area contributed by atoms with Crippen molar-refractivity contribution in [1.29, 1.82) is 0 Å². The van der Waals surface area contributed by atoms with Gasteiger partial charge in [0.15, 0.2) is 23.0 Å². The lowest BCUT2D eigenvalue weighted by Crippen LogP contribution is -2.34. The Hall–Kier alpha value is -7.04. The molecule has 8 aromatic carbocycles. The van der Waals surface area contributed by atoms with E-state index in [9.17, 15) is 0 Å². The van der Waals surface area contributed by atoms with Crippen LogP contribution in [0.1, 0.15) is 22.3 Å². The molecule has 0 saturated carbocycles. The Kier molecular flexibility index (Phi) is 7.34. The molecule has 0 amide bonds. The molecular weight excluding hydrogens is 673 g/mol. The minimum absolute atomic E-state index is 0.0243. The Balaban J connectivity index is 1.15. The van der Waals surface area contributed by atoms with Gasteiger partial charge in [-0.15, -0.1) is 0 Å². The Morgan fingerprint density at radius 2 is 1.16 bits per heavy atom. The molecule has 0 saturated heterocycles. The van der Waals surface area contributed by atoms with E-state index >= 15 is 0 Å². The van der Waals surface area contributed by atoms with Crippen LogP contribution in [-0.4, -0.2) is 6.04 Å². The van der Waals surface area contributed by atoms with Gasteiger partial charge in [-0.25, -0.2) is 0 Å². The summed E-state index contributed by atoms with van der Waals surface area (Å²) < 4.78 is 14.0. The molecule has 2 aliphatic carbocycles. The van der Waals surface area contributed by atoms with Crippen LogP contribution >= 0.6 is 0 Å². The van der Waals surface area contributed by atoms with Crippen LogP contribution in [0.25, 0.3) is 28.0 Å². The number of benzene rings is 8. The Morgan fingerprint density at radius 3 is 2.02 bits per heavy atom. The maximum absolute atomic E-state index is 7.06. The highest BCUT2D eigenvalue weighted by molar-refractivity contribution is 5.95. The number of para-hydroxylation sites is 2. The van der Waals surface area contributed by atoms with E-state index < -0.39 is 0 Å². The molecule has 0 spiro atoms. The van der Waals surface area contributed by atoms with E-state index in [1.54, 1.807) is 0 Å². The molecule has 0 bridgehead atoms. The molecule has 4 nitrogen and oxygen atoms in total. The summed E-state index contributed by atoms with van der Waals surface area (Å²) in [5, 5.41) is 2.37. The van der Waals surface area contributed by atoms with Crippen molar-refractivity contribution >= 4 is 45.3 Å². The fraction of sp³-hybridized carbons (Fsp3) is 0.0588. The first-order valence-corrected chi connectivity index (χ1v) is 19.0. The van der Waals surface area contributed by atoms with Crippen LogP contribution in [0.3, 0.4) is 0 Å². The summed E-state index contributed by atoms with van der Waals surface area (Å²) in [6.45, 7) is 0. The molecule has 1 heterocycles. The summed E-state index contributed by atoms with van der Waals surface area (Å²) in [6.07, 6.45) is 6.35. The molecule has 8 aromatic rings.